The molecule has 0 bridgehead atoms. The van der Waals surface area contributed by atoms with Crippen molar-refractivity contribution < 1.29 is 18.7 Å². The topological polar surface area (TPSA) is 47.6 Å². The number of halogens is 1. The second-order valence-electron chi connectivity index (χ2n) is 6.03. The van der Waals surface area contributed by atoms with Gasteiger partial charge < -0.3 is 14.8 Å². The second-order valence-corrected chi connectivity index (χ2v) is 6.94. The number of nitrogens with one attached hydrogen (secondary N) is 1. The maximum absolute atomic E-state index is 12.9. The van der Waals surface area contributed by atoms with Gasteiger partial charge in [-0.3, -0.25) is 4.79 Å². The molecule has 0 aliphatic rings. The number of carbonyl (C=O) groups is 1. The quantitative estimate of drug-likeness (QED) is 0.625. The van der Waals surface area contributed by atoms with E-state index in [9.17, 15) is 9.18 Å². The van der Waals surface area contributed by atoms with Crippen molar-refractivity contribution in [3.05, 3.63) is 81.8 Å². The minimum atomic E-state index is -0.304. The number of hydrogen-bond donors (Lipinski definition) is 1. The Balaban J connectivity index is 1.58. The van der Waals surface area contributed by atoms with Gasteiger partial charge in [0, 0.05) is 5.56 Å². The molecule has 1 aromatic heterocycles. The normalized spacial score (nSPS) is 11.7. The Hall–Kier alpha value is -2.86. The van der Waals surface area contributed by atoms with Crippen LogP contribution in [0.2, 0.25) is 0 Å². The van der Waals surface area contributed by atoms with Crippen LogP contribution in [-0.4, -0.2) is 13.0 Å². The van der Waals surface area contributed by atoms with Gasteiger partial charge in [0.1, 0.15) is 23.9 Å². The van der Waals surface area contributed by atoms with Gasteiger partial charge in [-0.15, -0.1) is 11.3 Å². The summed E-state index contributed by atoms with van der Waals surface area (Å²) in [6.07, 6.45) is 0. The first-order valence-corrected chi connectivity index (χ1v) is 9.33. The summed E-state index contributed by atoms with van der Waals surface area (Å²) in [7, 11) is 1.61. The number of ether oxygens (including phenoxy) is 2. The van der Waals surface area contributed by atoms with Crippen molar-refractivity contribution in [3.63, 3.8) is 0 Å². The number of thiophene rings is 1. The molecule has 6 heteroatoms. The van der Waals surface area contributed by atoms with E-state index in [2.05, 4.69) is 5.32 Å². The molecule has 1 amide bonds. The summed E-state index contributed by atoms with van der Waals surface area (Å²) < 4.78 is 23.7. The lowest BCUT2D eigenvalue weighted by atomic mass is 10.1. The highest BCUT2D eigenvalue weighted by Gasteiger charge is 2.14. The average molecular weight is 385 g/mol. The smallest absolute Gasteiger partial charge is 0.261 e. The molecule has 1 unspecified atom stereocenters. The lowest BCUT2D eigenvalue weighted by Crippen LogP contribution is -2.25. The zero-order valence-electron chi connectivity index (χ0n) is 15.1. The van der Waals surface area contributed by atoms with Gasteiger partial charge in [0.25, 0.3) is 5.91 Å². The molecule has 3 aromatic rings. The molecule has 0 radical (unpaired) electrons. The lowest BCUT2D eigenvalue weighted by molar-refractivity contribution is 0.0944. The van der Waals surface area contributed by atoms with Gasteiger partial charge in [0.15, 0.2) is 0 Å². The Labute approximate surface area is 161 Å². The molecule has 0 saturated heterocycles. The van der Waals surface area contributed by atoms with Crippen molar-refractivity contribution in [2.24, 2.45) is 0 Å². The predicted octanol–water partition coefficient (Wildman–Crippen LogP) is 4.97. The predicted molar refractivity (Wildman–Crippen MR) is 104 cm³/mol. The van der Waals surface area contributed by atoms with Crippen molar-refractivity contribution in [1.82, 2.24) is 5.32 Å². The summed E-state index contributed by atoms with van der Waals surface area (Å²) in [6.45, 7) is 2.25. The van der Waals surface area contributed by atoms with Crippen LogP contribution in [0.25, 0.3) is 0 Å². The highest BCUT2D eigenvalue weighted by molar-refractivity contribution is 7.12. The second kappa shape index (κ2) is 8.68. The summed E-state index contributed by atoms with van der Waals surface area (Å²) in [6, 6.07) is 15.1. The van der Waals surface area contributed by atoms with E-state index in [1.165, 1.54) is 23.5 Å². The molecule has 1 N–H and O–H groups in total. The molecule has 27 heavy (non-hydrogen) atoms. The number of benzene rings is 2. The molecular weight excluding hydrogens is 365 g/mol. The number of carbonyl (C=O) groups excluding carboxylic acids is 1. The van der Waals surface area contributed by atoms with E-state index in [4.69, 9.17) is 9.47 Å². The van der Waals surface area contributed by atoms with E-state index in [-0.39, 0.29) is 17.8 Å². The van der Waals surface area contributed by atoms with Crippen LogP contribution in [0.15, 0.2) is 60.0 Å². The van der Waals surface area contributed by atoms with E-state index in [1.54, 1.807) is 19.2 Å². The summed E-state index contributed by atoms with van der Waals surface area (Å²) >= 11 is 1.36. The number of hydrogen-bond acceptors (Lipinski definition) is 4. The van der Waals surface area contributed by atoms with Crippen molar-refractivity contribution in [2.45, 2.75) is 19.6 Å². The Morgan fingerprint density at radius 3 is 2.67 bits per heavy atom. The number of amides is 1. The molecule has 0 spiro atoms. The average Bonchev–Trinajstić information content (AvgIpc) is 3.17. The van der Waals surface area contributed by atoms with Crippen molar-refractivity contribution >= 4 is 17.2 Å². The van der Waals surface area contributed by atoms with Gasteiger partial charge in [-0.25, -0.2) is 4.39 Å². The minimum absolute atomic E-state index is 0.136. The summed E-state index contributed by atoms with van der Waals surface area (Å²) in [5.41, 5.74) is 1.86. The van der Waals surface area contributed by atoms with Crippen LogP contribution in [0.4, 0.5) is 4.39 Å². The van der Waals surface area contributed by atoms with Crippen molar-refractivity contribution in [3.8, 4) is 11.5 Å². The Morgan fingerprint density at radius 1 is 1.15 bits per heavy atom. The van der Waals surface area contributed by atoms with Crippen LogP contribution >= 0.6 is 11.3 Å². The standard InChI is InChI=1S/C21H20FNO3S/c1-14(16-4-3-5-19(11-16)25-2)23-21(24)20-10-15(13-27-20)12-26-18-8-6-17(22)7-9-18/h3-11,13-14H,12H2,1-2H3,(H,23,24). The molecule has 1 heterocycles. The number of methoxy groups -OCH3 is 1. The fraction of sp³-hybridized carbons (Fsp3) is 0.190. The molecule has 140 valence electrons. The monoisotopic (exact) mass is 385 g/mol. The highest BCUT2D eigenvalue weighted by atomic mass is 32.1. The van der Waals surface area contributed by atoms with Crippen LogP contribution in [0.3, 0.4) is 0 Å². The SMILES string of the molecule is COc1cccc(C(C)NC(=O)c2cc(COc3ccc(F)cc3)cs2)c1. The lowest BCUT2D eigenvalue weighted by Gasteiger charge is -2.14. The van der Waals surface area contributed by atoms with Crippen LogP contribution in [0.1, 0.15) is 33.8 Å². The number of rotatable bonds is 7. The molecule has 1 atom stereocenters. The van der Waals surface area contributed by atoms with Crippen molar-refractivity contribution in [2.75, 3.05) is 7.11 Å². The van der Waals surface area contributed by atoms with Gasteiger partial charge in [-0.1, -0.05) is 12.1 Å². The zero-order valence-corrected chi connectivity index (χ0v) is 15.9. The van der Waals surface area contributed by atoms with E-state index in [1.807, 2.05) is 42.6 Å². The molecule has 4 nitrogen and oxygen atoms in total. The Kier molecular flexibility index (Phi) is 6.08. The van der Waals surface area contributed by atoms with Crippen LogP contribution < -0.4 is 14.8 Å². The molecule has 3 rings (SSSR count). The summed E-state index contributed by atoms with van der Waals surface area (Å²) in [5, 5.41) is 4.87. The molecule has 0 saturated carbocycles. The fourth-order valence-electron chi connectivity index (χ4n) is 2.53. The van der Waals surface area contributed by atoms with Crippen LogP contribution in [-0.2, 0) is 6.61 Å². The van der Waals surface area contributed by atoms with Gasteiger partial charge in [-0.2, -0.15) is 0 Å². The van der Waals surface area contributed by atoms with E-state index >= 15 is 0 Å². The van der Waals surface area contributed by atoms with Gasteiger partial charge >= 0.3 is 0 Å². The van der Waals surface area contributed by atoms with Gasteiger partial charge in [0.2, 0.25) is 0 Å². The molecule has 2 aromatic carbocycles. The third-order valence-electron chi connectivity index (χ3n) is 4.04. The van der Waals surface area contributed by atoms with Crippen LogP contribution in [0, 0.1) is 5.82 Å². The van der Waals surface area contributed by atoms with Crippen LogP contribution in [0.5, 0.6) is 11.5 Å². The first-order chi connectivity index (χ1) is 13.0. The Bertz CT molecular complexity index is 908. The third-order valence-corrected chi connectivity index (χ3v) is 5.02. The van der Waals surface area contributed by atoms with Gasteiger partial charge in [0.05, 0.1) is 18.0 Å². The first-order valence-electron chi connectivity index (χ1n) is 8.46. The van der Waals surface area contributed by atoms with E-state index in [0.29, 0.717) is 17.2 Å². The molecular formula is C21H20FNO3S. The van der Waals surface area contributed by atoms with E-state index < -0.39 is 0 Å². The molecule has 0 aliphatic heterocycles. The molecule has 0 aliphatic carbocycles. The zero-order chi connectivity index (χ0) is 19.2. The van der Waals surface area contributed by atoms with E-state index in [0.717, 1.165) is 16.9 Å². The maximum atomic E-state index is 12.9. The minimum Gasteiger partial charge on any atom is -0.497 e. The highest BCUT2D eigenvalue weighted by Crippen LogP contribution is 2.21. The fourth-order valence-corrected chi connectivity index (χ4v) is 3.33. The first kappa shape index (κ1) is 18.9. The third kappa shape index (κ3) is 5.08. The van der Waals surface area contributed by atoms with Gasteiger partial charge in [-0.05, 0) is 60.3 Å². The maximum Gasteiger partial charge on any atom is 0.261 e. The summed E-state index contributed by atoms with van der Waals surface area (Å²) in [5.74, 6) is 0.899. The molecule has 0 fully saturated rings. The largest absolute Gasteiger partial charge is 0.497 e. The van der Waals surface area contributed by atoms with Crippen molar-refractivity contribution in [1.29, 1.82) is 0 Å². The summed E-state index contributed by atoms with van der Waals surface area (Å²) in [4.78, 5) is 13.1. The Morgan fingerprint density at radius 2 is 1.93 bits per heavy atom.